The van der Waals surface area contributed by atoms with Crippen molar-refractivity contribution in [2.75, 3.05) is 39.4 Å². The van der Waals surface area contributed by atoms with Gasteiger partial charge >= 0.3 is 0 Å². The van der Waals surface area contributed by atoms with Gasteiger partial charge in [-0.3, -0.25) is 4.79 Å². The van der Waals surface area contributed by atoms with Crippen LogP contribution in [0.1, 0.15) is 12.5 Å². The van der Waals surface area contributed by atoms with Crippen molar-refractivity contribution in [2.24, 2.45) is 0 Å². The van der Waals surface area contributed by atoms with Crippen molar-refractivity contribution in [3.63, 3.8) is 0 Å². The number of quaternary nitrogens is 1. The number of carbonyl (C=O) groups is 1. The van der Waals surface area contributed by atoms with Crippen LogP contribution in [0.5, 0.6) is 0 Å². The predicted molar refractivity (Wildman–Crippen MR) is 85.9 cm³/mol. The van der Waals surface area contributed by atoms with E-state index in [0.29, 0.717) is 0 Å². The molecule has 0 unspecified atom stereocenters. The first kappa shape index (κ1) is 16.3. The second-order valence-electron chi connectivity index (χ2n) is 5.48. The van der Waals surface area contributed by atoms with Crippen molar-refractivity contribution in [1.29, 1.82) is 0 Å². The lowest BCUT2D eigenvalue weighted by Gasteiger charge is -2.24. The molecule has 2 N–H and O–H groups in total. The number of amides is 1. The standard InChI is InChI=1S/C16H24N2O2S/c1-13-3-5-15(6-4-13)21-14(2)16(19)17-7-8-18-9-11-20-12-10-18/h3-6,14H,7-12H2,1-2H3,(H,17,19)/p+1/t14-/m0/s1. The summed E-state index contributed by atoms with van der Waals surface area (Å²) in [6.45, 7) is 9.52. The molecule has 0 radical (unpaired) electrons. The minimum atomic E-state index is -0.0626. The van der Waals surface area contributed by atoms with E-state index in [4.69, 9.17) is 4.74 Å². The number of aryl methyl sites for hydroxylation is 1. The third-order valence-corrected chi connectivity index (χ3v) is 4.79. The van der Waals surface area contributed by atoms with E-state index < -0.39 is 0 Å². The highest BCUT2D eigenvalue weighted by Crippen LogP contribution is 2.23. The molecule has 1 aliphatic rings. The van der Waals surface area contributed by atoms with E-state index in [1.165, 1.54) is 10.5 Å². The average molecular weight is 309 g/mol. The Hall–Kier alpha value is -1.04. The molecular formula is C16H25N2O2S+. The van der Waals surface area contributed by atoms with E-state index in [-0.39, 0.29) is 11.2 Å². The molecule has 0 aromatic heterocycles. The zero-order valence-electron chi connectivity index (χ0n) is 12.9. The molecule has 0 aliphatic carbocycles. The van der Waals surface area contributed by atoms with Gasteiger partial charge in [-0.1, -0.05) is 17.7 Å². The monoisotopic (exact) mass is 309 g/mol. The van der Waals surface area contributed by atoms with Gasteiger partial charge < -0.3 is 15.0 Å². The maximum absolute atomic E-state index is 12.1. The van der Waals surface area contributed by atoms with Crippen molar-refractivity contribution in [3.05, 3.63) is 29.8 Å². The zero-order chi connectivity index (χ0) is 15.1. The Morgan fingerprint density at radius 2 is 2.00 bits per heavy atom. The number of hydrogen-bond donors (Lipinski definition) is 2. The average Bonchev–Trinajstić information content (AvgIpc) is 2.50. The number of thioether (sulfide) groups is 1. The number of benzene rings is 1. The molecule has 1 aromatic carbocycles. The molecule has 2 rings (SSSR count). The second kappa shape index (κ2) is 8.41. The highest BCUT2D eigenvalue weighted by atomic mass is 32.2. The molecule has 1 heterocycles. The number of morpholine rings is 1. The van der Waals surface area contributed by atoms with Crippen LogP contribution in [-0.2, 0) is 9.53 Å². The Kier molecular flexibility index (Phi) is 6.54. The van der Waals surface area contributed by atoms with Gasteiger partial charge in [0.1, 0.15) is 13.1 Å². The first-order valence-corrected chi connectivity index (χ1v) is 8.45. The summed E-state index contributed by atoms with van der Waals surface area (Å²) in [5.41, 5.74) is 1.24. The largest absolute Gasteiger partial charge is 0.370 e. The van der Waals surface area contributed by atoms with Crippen LogP contribution >= 0.6 is 11.8 Å². The van der Waals surface area contributed by atoms with E-state index >= 15 is 0 Å². The van der Waals surface area contributed by atoms with Crippen molar-refractivity contribution in [1.82, 2.24) is 5.32 Å². The first-order valence-electron chi connectivity index (χ1n) is 7.57. The number of carbonyl (C=O) groups excluding carboxylic acids is 1. The van der Waals surface area contributed by atoms with Gasteiger partial charge in [-0.05, 0) is 26.0 Å². The van der Waals surface area contributed by atoms with Crippen molar-refractivity contribution in [3.8, 4) is 0 Å². The number of ether oxygens (including phenoxy) is 1. The van der Waals surface area contributed by atoms with Gasteiger partial charge in [-0.25, -0.2) is 0 Å². The van der Waals surface area contributed by atoms with Crippen LogP contribution in [0.3, 0.4) is 0 Å². The molecule has 5 heteroatoms. The molecule has 1 aliphatic heterocycles. The Balaban J connectivity index is 1.68. The topological polar surface area (TPSA) is 42.8 Å². The van der Waals surface area contributed by atoms with Gasteiger partial charge in [-0.15, -0.1) is 11.8 Å². The summed E-state index contributed by atoms with van der Waals surface area (Å²) in [6.07, 6.45) is 0. The van der Waals surface area contributed by atoms with Crippen LogP contribution in [0, 0.1) is 6.92 Å². The van der Waals surface area contributed by atoms with E-state index in [9.17, 15) is 4.79 Å². The van der Waals surface area contributed by atoms with E-state index in [1.54, 1.807) is 11.8 Å². The smallest absolute Gasteiger partial charge is 0.233 e. The third kappa shape index (κ3) is 5.69. The fourth-order valence-corrected chi connectivity index (χ4v) is 3.18. The van der Waals surface area contributed by atoms with Crippen molar-refractivity contribution in [2.45, 2.75) is 24.0 Å². The molecule has 0 saturated carbocycles. The van der Waals surface area contributed by atoms with Crippen molar-refractivity contribution >= 4 is 17.7 Å². The summed E-state index contributed by atoms with van der Waals surface area (Å²) in [4.78, 5) is 14.7. The molecule has 0 bridgehead atoms. The fourth-order valence-electron chi connectivity index (χ4n) is 2.29. The van der Waals surface area contributed by atoms with Gasteiger partial charge in [0, 0.05) is 4.90 Å². The fraction of sp³-hybridized carbons (Fsp3) is 0.562. The van der Waals surface area contributed by atoms with Crippen LogP contribution in [0.2, 0.25) is 0 Å². The Bertz CT molecular complexity index is 444. The Labute approximate surface area is 131 Å². The summed E-state index contributed by atoms with van der Waals surface area (Å²) < 4.78 is 5.33. The first-order chi connectivity index (χ1) is 10.1. The Morgan fingerprint density at radius 3 is 2.67 bits per heavy atom. The lowest BCUT2D eigenvalue weighted by molar-refractivity contribution is -0.906. The minimum Gasteiger partial charge on any atom is -0.370 e. The number of hydrogen-bond acceptors (Lipinski definition) is 3. The van der Waals surface area contributed by atoms with Gasteiger partial charge in [0.2, 0.25) is 5.91 Å². The SMILES string of the molecule is Cc1ccc(S[C@@H](C)C(=O)NCC[NH+]2CCOCC2)cc1. The van der Waals surface area contributed by atoms with Crippen LogP contribution in [0.4, 0.5) is 0 Å². The van der Waals surface area contributed by atoms with Crippen LogP contribution in [0.25, 0.3) is 0 Å². The number of nitrogens with one attached hydrogen (secondary N) is 2. The zero-order valence-corrected chi connectivity index (χ0v) is 13.7. The molecule has 0 spiro atoms. The van der Waals surface area contributed by atoms with Gasteiger partial charge in [-0.2, -0.15) is 0 Å². The molecule has 1 fully saturated rings. The van der Waals surface area contributed by atoms with Crippen molar-refractivity contribution < 1.29 is 14.4 Å². The highest BCUT2D eigenvalue weighted by molar-refractivity contribution is 8.00. The summed E-state index contributed by atoms with van der Waals surface area (Å²) >= 11 is 1.61. The molecule has 116 valence electrons. The lowest BCUT2D eigenvalue weighted by atomic mass is 10.2. The summed E-state index contributed by atoms with van der Waals surface area (Å²) in [6, 6.07) is 8.30. The molecule has 4 nitrogen and oxygen atoms in total. The van der Waals surface area contributed by atoms with Crippen LogP contribution in [0.15, 0.2) is 29.2 Å². The highest BCUT2D eigenvalue weighted by Gasteiger charge is 2.16. The normalized spacial score (nSPS) is 17.4. The number of rotatable bonds is 6. The maximum atomic E-state index is 12.1. The van der Waals surface area contributed by atoms with Gasteiger partial charge in [0.15, 0.2) is 0 Å². The predicted octanol–water partition coefficient (Wildman–Crippen LogP) is 0.507. The second-order valence-corrected chi connectivity index (χ2v) is 6.89. The quantitative estimate of drug-likeness (QED) is 0.753. The summed E-state index contributed by atoms with van der Waals surface area (Å²) in [7, 11) is 0. The Morgan fingerprint density at radius 1 is 1.33 bits per heavy atom. The molecule has 1 aromatic rings. The van der Waals surface area contributed by atoms with Crippen LogP contribution in [-0.4, -0.2) is 50.5 Å². The molecule has 1 atom stereocenters. The molecule has 1 amide bonds. The molecule has 1 saturated heterocycles. The summed E-state index contributed by atoms with van der Waals surface area (Å²) in [5, 5.41) is 2.98. The van der Waals surface area contributed by atoms with E-state index in [1.807, 2.05) is 6.92 Å². The van der Waals surface area contributed by atoms with Gasteiger partial charge in [0.25, 0.3) is 0 Å². The minimum absolute atomic E-state index is 0.0626. The van der Waals surface area contributed by atoms with Gasteiger partial charge in [0.05, 0.1) is 31.6 Å². The van der Waals surface area contributed by atoms with E-state index in [0.717, 1.165) is 44.3 Å². The lowest BCUT2D eigenvalue weighted by Crippen LogP contribution is -3.14. The maximum Gasteiger partial charge on any atom is 0.233 e. The van der Waals surface area contributed by atoms with E-state index in [2.05, 4.69) is 36.5 Å². The molecular weight excluding hydrogens is 284 g/mol. The third-order valence-electron chi connectivity index (χ3n) is 3.68. The van der Waals surface area contributed by atoms with Crippen LogP contribution < -0.4 is 10.2 Å². The molecule has 21 heavy (non-hydrogen) atoms. The summed E-state index contributed by atoms with van der Waals surface area (Å²) in [5.74, 6) is 0.119.